The quantitative estimate of drug-likeness (QED) is 0.400. The fraction of sp³-hybridized carbons (Fsp3) is 0.0909. The number of benzene rings is 3. The fourth-order valence-corrected chi connectivity index (χ4v) is 4.17. The van der Waals surface area contributed by atoms with Crippen LogP contribution < -0.4 is 10.1 Å². The van der Waals surface area contributed by atoms with Crippen LogP contribution in [-0.2, 0) is 4.79 Å². The normalized spacial score (nSPS) is 10.8. The molecule has 0 radical (unpaired) electrons. The molecule has 1 N–H and O–H groups in total. The van der Waals surface area contributed by atoms with Gasteiger partial charge in [-0.25, -0.2) is 4.98 Å². The van der Waals surface area contributed by atoms with E-state index in [1.807, 2.05) is 67.6 Å². The number of nitrogens with one attached hydrogen (secondary N) is 1. The summed E-state index contributed by atoms with van der Waals surface area (Å²) in [5.74, 6) is 0.450. The largest absolute Gasteiger partial charge is 0.484 e. The van der Waals surface area contributed by atoms with Crippen LogP contribution in [0.15, 0.2) is 71.2 Å². The van der Waals surface area contributed by atoms with E-state index in [4.69, 9.17) is 9.72 Å². The maximum absolute atomic E-state index is 12.3. The van der Waals surface area contributed by atoms with Crippen LogP contribution in [-0.4, -0.2) is 17.5 Å². The third-order valence-corrected chi connectivity index (χ3v) is 5.91. The summed E-state index contributed by atoms with van der Waals surface area (Å²) in [4.78, 5) is 17.1. The Bertz CT molecular complexity index is 1110. The molecule has 0 saturated heterocycles. The Balaban J connectivity index is 1.50. The fourth-order valence-electron chi connectivity index (χ4n) is 2.86. The van der Waals surface area contributed by atoms with Crippen molar-refractivity contribution in [2.24, 2.45) is 0 Å². The van der Waals surface area contributed by atoms with Crippen molar-refractivity contribution in [3.8, 4) is 16.3 Å². The van der Waals surface area contributed by atoms with Crippen molar-refractivity contribution in [3.05, 3.63) is 76.8 Å². The molecule has 0 aliphatic rings. The molecule has 6 heteroatoms. The van der Waals surface area contributed by atoms with Gasteiger partial charge in [0.2, 0.25) is 0 Å². The number of halogens is 1. The highest BCUT2D eigenvalue weighted by molar-refractivity contribution is 9.10. The second-order valence-electron chi connectivity index (χ2n) is 6.26. The molecule has 4 nitrogen and oxygen atoms in total. The Morgan fingerprint density at radius 1 is 1.07 bits per heavy atom. The molecule has 28 heavy (non-hydrogen) atoms. The minimum atomic E-state index is -0.201. The number of hydrogen-bond acceptors (Lipinski definition) is 4. The predicted molar refractivity (Wildman–Crippen MR) is 118 cm³/mol. The minimum absolute atomic E-state index is 0.0492. The number of carbonyl (C=O) groups excluding carboxylic acids is 1. The zero-order chi connectivity index (χ0) is 19.5. The highest BCUT2D eigenvalue weighted by Crippen LogP contribution is 2.34. The van der Waals surface area contributed by atoms with Crippen LogP contribution in [0.3, 0.4) is 0 Å². The molecule has 3 aromatic carbocycles. The van der Waals surface area contributed by atoms with E-state index in [9.17, 15) is 4.79 Å². The van der Waals surface area contributed by atoms with Crippen LogP contribution in [0.25, 0.3) is 20.8 Å². The SMILES string of the molecule is Cc1c(NC(=O)COc2ccc(Br)cc2)cccc1-c1nc2ccccc2s1. The van der Waals surface area contributed by atoms with Crippen molar-refractivity contribution in [1.29, 1.82) is 0 Å². The molecule has 1 aromatic heterocycles. The summed E-state index contributed by atoms with van der Waals surface area (Å²) in [5.41, 5.74) is 3.76. The first kappa shape index (κ1) is 18.7. The zero-order valence-corrected chi connectivity index (χ0v) is 17.5. The van der Waals surface area contributed by atoms with Gasteiger partial charge in [0.15, 0.2) is 6.61 Å². The third-order valence-electron chi connectivity index (χ3n) is 4.32. The molecule has 0 aliphatic carbocycles. The lowest BCUT2D eigenvalue weighted by Gasteiger charge is -2.12. The Labute approximate surface area is 175 Å². The molecule has 0 fully saturated rings. The molecule has 0 aliphatic heterocycles. The number of ether oxygens (including phenoxy) is 1. The average Bonchev–Trinajstić information content (AvgIpc) is 3.13. The van der Waals surface area contributed by atoms with E-state index < -0.39 is 0 Å². The third kappa shape index (κ3) is 4.08. The number of fused-ring (bicyclic) bond motifs is 1. The summed E-state index contributed by atoms with van der Waals surface area (Å²) in [6.45, 7) is 1.94. The van der Waals surface area contributed by atoms with Crippen molar-refractivity contribution >= 4 is 49.1 Å². The number of hydrogen-bond donors (Lipinski definition) is 1. The molecule has 0 saturated carbocycles. The average molecular weight is 453 g/mol. The number of rotatable bonds is 5. The van der Waals surface area contributed by atoms with Crippen molar-refractivity contribution in [2.75, 3.05) is 11.9 Å². The van der Waals surface area contributed by atoms with E-state index in [2.05, 4.69) is 27.3 Å². The molecular weight excluding hydrogens is 436 g/mol. The van der Waals surface area contributed by atoms with Crippen LogP contribution in [0.5, 0.6) is 5.75 Å². The van der Waals surface area contributed by atoms with Crippen molar-refractivity contribution in [1.82, 2.24) is 4.98 Å². The molecule has 4 rings (SSSR count). The minimum Gasteiger partial charge on any atom is -0.484 e. The van der Waals surface area contributed by atoms with E-state index in [1.165, 1.54) is 0 Å². The first-order valence-corrected chi connectivity index (χ1v) is 10.3. The second-order valence-corrected chi connectivity index (χ2v) is 8.20. The summed E-state index contributed by atoms with van der Waals surface area (Å²) in [6.07, 6.45) is 0. The number of nitrogens with zero attached hydrogens (tertiary/aromatic N) is 1. The van der Waals surface area contributed by atoms with Gasteiger partial charge in [-0.2, -0.15) is 0 Å². The molecule has 140 valence electrons. The molecular formula is C22H17BrN2O2S. The number of carbonyl (C=O) groups is 1. The van der Waals surface area contributed by atoms with Crippen LogP contribution in [0.2, 0.25) is 0 Å². The van der Waals surface area contributed by atoms with Gasteiger partial charge >= 0.3 is 0 Å². The topological polar surface area (TPSA) is 51.2 Å². The van der Waals surface area contributed by atoms with E-state index in [-0.39, 0.29) is 12.5 Å². The van der Waals surface area contributed by atoms with E-state index in [0.717, 1.165) is 36.5 Å². The van der Waals surface area contributed by atoms with Gasteiger partial charge in [0.05, 0.1) is 10.2 Å². The summed E-state index contributed by atoms with van der Waals surface area (Å²) >= 11 is 5.02. The van der Waals surface area contributed by atoms with Gasteiger partial charge in [0, 0.05) is 15.7 Å². The lowest BCUT2D eigenvalue weighted by molar-refractivity contribution is -0.118. The van der Waals surface area contributed by atoms with Gasteiger partial charge in [-0.1, -0.05) is 40.2 Å². The highest BCUT2D eigenvalue weighted by atomic mass is 79.9. The van der Waals surface area contributed by atoms with Gasteiger partial charge in [-0.05, 0) is 55.0 Å². The Morgan fingerprint density at radius 2 is 1.86 bits per heavy atom. The van der Waals surface area contributed by atoms with E-state index >= 15 is 0 Å². The number of aromatic nitrogens is 1. The Hall–Kier alpha value is -2.70. The molecule has 0 atom stereocenters. The Kier molecular flexibility index (Phi) is 5.41. The summed E-state index contributed by atoms with van der Waals surface area (Å²) < 4.78 is 7.66. The van der Waals surface area contributed by atoms with Gasteiger partial charge in [-0.15, -0.1) is 11.3 Å². The maximum Gasteiger partial charge on any atom is 0.262 e. The monoisotopic (exact) mass is 452 g/mol. The molecule has 0 bridgehead atoms. The molecule has 0 spiro atoms. The Morgan fingerprint density at radius 3 is 2.64 bits per heavy atom. The highest BCUT2D eigenvalue weighted by Gasteiger charge is 2.13. The molecule has 1 amide bonds. The summed E-state index contributed by atoms with van der Waals surface area (Å²) in [7, 11) is 0. The number of thiazole rings is 1. The lowest BCUT2D eigenvalue weighted by Crippen LogP contribution is -2.20. The van der Waals surface area contributed by atoms with Crippen molar-refractivity contribution < 1.29 is 9.53 Å². The van der Waals surface area contributed by atoms with Crippen LogP contribution in [0, 0.1) is 6.92 Å². The molecule has 0 unspecified atom stereocenters. The summed E-state index contributed by atoms with van der Waals surface area (Å²) in [6, 6.07) is 21.3. The summed E-state index contributed by atoms with van der Waals surface area (Å²) in [5, 5.41) is 3.88. The number of para-hydroxylation sites is 1. The zero-order valence-electron chi connectivity index (χ0n) is 15.1. The maximum atomic E-state index is 12.3. The predicted octanol–water partition coefficient (Wildman–Crippen LogP) is 6.05. The van der Waals surface area contributed by atoms with E-state index in [0.29, 0.717) is 5.75 Å². The van der Waals surface area contributed by atoms with Gasteiger partial charge in [-0.3, -0.25) is 4.79 Å². The first-order valence-electron chi connectivity index (χ1n) is 8.74. The standard InChI is InChI=1S/C22H17BrN2O2S/c1-14-17(22-25-19-6-2-3-8-20(19)28-22)5-4-7-18(14)24-21(26)13-27-16-11-9-15(23)10-12-16/h2-12H,13H2,1H3,(H,24,26). The number of anilines is 1. The lowest BCUT2D eigenvalue weighted by atomic mass is 10.1. The van der Waals surface area contributed by atoms with Crippen LogP contribution in [0.4, 0.5) is 5.69 Å². The second kappa shape index (κ2) is 8.12. The number of amides is 1. The van der Waals surface area contributed by atoms with Gasteiger partial charge in [0.25, 0.3) is 5.91 Å². The first-order chi connectivity index (χ1) is 13.6. The molecule has 4 aromatic rings. The molecule has 1 heterocycles. The van der Waals surface area contributed by atoms with Crippen molar-refractivity contribution in [3.63, 3.8) is 0 Å². The van der Waals surface area contributed by atoms with Crippen LogP contribution >= 0.6 is 27.3 Å². The van der Waals surface area contributed by atoms with Crippen LogP contribution in [0.1, 0.15) is 5.56 Å². The van der Waals surface area contributed by atoms with Crippen molar-refractivity contribution in [2.45, 2.75) is 6.92 Å². The van der Waals surface area contributed by atoms with Gasteiger partial charge < -0.3 is 10.1 Å². The van der Waals surface area contributed by atoms with E-state index in [1.54, 1.807) is 11.3 Å². The van der Waals surface area contributed by atoms with Gasteiger partial charge in [0.1, 0.15) is 10.8 Å². The smallest absolute Gasteiger partial charge is 0.262 e.